The molecule has 2 aromatic rings. The molecule has 166 valence electrons. The number of anilines is 1. The van der Waals surface area contributed by atoms with Crippen LogP contribution in [0.1, 0.15) is 49.3 Å². The van der Waals surface area contributed by atoms with E-state index in [0.29, 0.717) is 29.7 Å². The van der Waals surface area contributed by atoms with Crippen molar-refractivity contribution < 1.29 is 9.90 Å². The minimum Gasteiger partial charge on any atom is -0.383 e. The third-order valence-corrected chi connectivity index (χ3v) is 7.26. The van der Waals surface area contributed by atoms with Crippen LogP contribution in [-0.4, -0.2) is 41.7 Å². The van der Waals surface area contributed by atoms with E-state index in [4.69, 9.17) is 23.2 Å². The van der Waals surface area contributed by atoms with E-state index < -0.39 is 6.10 Å². The molecular weight excluding hydrogens is 431 g/mol. The summed E-state index contributed by atoms with van der Waals surface area (Å²) in [5.74, 6) is -0.0553. The van der Waals surface area contributed by atoms with Crippen LogP contribution < -0.4 is 4.90 Å². The van der Waals surface area contributed by atoms with Gasteiger partial charge in [-0.15, -0.1) is 0 Å². The maximum absolute atomic E-state index is 13.2. The van der Waals surface area contributed by atoms with Crippen LogP contribution in [0.15, 0.2) is 42.5 Å². The number of aliphatic hydroxyl groups excluding tert-OH is 1. The first-order valence-electron chi connectivity index (χ1n) is 11.2. The molecule has 2 atom stereocenters. The molecule has 6 heteroatoms. The Kier molecular flexibility index (Phi) is 7.10. The van der Waals surface area contributed by atoms with Crippen molar-refractivity contribution in [1.82, 2.24) is 4.90 Å². The molecule has 1 heterocycles. The summed E-state index contributed by atoms with van der Waals surface area (Å²) in [6.45, 7) is 3.75. The van der Waals surface area contributed by atoms with E-state index >= 15 is 0 Å². The topological polar surface area (TPSA) is 43.8 Å². The van der Waals surface area contributed by atoms with Crippen molar-refractivity contribution in [2.75, 3.05) is 24.5 Å². The third-order valence-electron chi connectivity index (χ3n) is 6.71. The highest BCUT2D eigenvalue weighted by atomic mass is 35.5. The summed E-state index contributed by atoms with van der Waals surface area (Å²) in [7, 11) is 0. The molecule has 2 aromatic carbocycles. The highest BCUT2D eigenvalue weighted by Gasteiger charge is 2.36. The Hall–Kier alpha value is -1.75. The molecule has 2 aliphatic rings. The smallest absolute Gasteiger partial charge is 0.251 e. The van der Waals surface area contributed by atoms with Crippen molar-refractivity contribution in [2.24, 2.45) is 5.92 Å². The van der Waals surface area contributed by atoms with Crippen molar-refractivity contribution in [3.63, 3.8) is 0 Å². The number of hydrogen-bond acceptors (Lipinski definition) is 3. The number of carbonyl (C=O) groups is 1. The zero-order valence-corrected chi connectivity index (χ0v) is 19.4. The molecule has 0 bridgehead atoms. The molecule has 1 N–H and O–H groups in total. The maximum atomic E-state index is 13.2. The van der Waals surface area contributed by atoms with Gasteiger partial charge in [0.2, 0.25) is 0 Å². The highest BCUT2D eigenvalue weighted by Crippen LogP contribution is 2.36. The number of amides is 1. The SMILES string of the molecule is Cc1ccc(N2CCN(C(=O)[C@H](O)C3CCCCC3)C[C@H]2c2ccc(Cl)cc2)c(Cl)c1. The standard InChI is InChI=1S/C25H30Cl2N2O2/c1-17-7-12-22(21(27)15-17)29-14-13-28(16-23(29)18-8-10-20(26)11-9-18)25(31)24(30)19-5-3-2-4-6-19/h7-12,15,19,23-24,30H,2-6,13-14,16H2,1H3/t23-,24+/m0/s1. The lowest BCUT2D eigenvalue weighted by atomic mass is 9.84. The summed E-state index contributed by atoms with van der Waals surface area (Å²) < 4.78 is 0. The number of halogens is 2. The van der Waals surface area contributed by atoms with E-state index in [1.807, 2.05) is 42.2 Å². The molecule has 0 unspecified atom stereocenters. The number of benzene rings is 2. The van der Waals surface area contributed by atoms with Crippen molar-refractivity contribution in [1.29, 1.82) is 0 Å². The second-order valence-electron chi connectivity index (χ2n) is 8.84. The Labute approximate surface area is 194 Å². The van der Waals surface area contributed by atoms with Crippen LogP contribution in [0.4, 0.5) is 5.69 Å². The van der Waals surface area contributed by atoms with Crippen LogP contribution in [0.25, 0.3) is 0 Å². The van der Waals surface area contributed by atoms with Gasteiger partial charge >= 0.3 is 0 Å². The van der Waals surface area contributed by atoms with Crippen LogP contribution in [-0.2, 0) is 4.79 Å². The minimum absolute atomic E-state index is 0.0614. The summed E-state index contributed by atoms with van der Waals surface area (Å²) in [6, 6.07) is 13.8. The highest BCUT2D eigenvalue weighted by molar-refractivity contribution is 6.33. The normalized spacial score (nSPS) is 21.2. The quantitative estimate of drug-likeness (QED) is 0.642. The first kappa shape index (κ1) is 22.4. The Balaban J connectivity index is 1.59. The average molecular weight is 461 g/mol. The fraction of sp³-hybridized carbons (Fsp3) is 0.480. The number of nitrogens with zero attached hydrogens (tertiary/aromatic N) is 2. The van der Waals surface area contributed by atoms with Crippen LogP contribution in [0.3, 0.4) is 0 Å². The molecule has 1 amide bonds. The van der Waals surface area contributed by atoms with E-state index in [1.165, 1.54) is 6.42 Å². The summed E-state index contributed by atoms with van der Waals surface area (Å²) in [5.41, 5.74) is 3.15. The number of piperazine rings is 1. The van der Waals surface area contributed by atoms with E-state index in [9.17, 15) is 9.90 Å². The largest absolute Gasteiger partial charge is 0.383 e. The predicted molar refractivity (Wildman–Crippen MR) is 127 cm³/mol. The molecule has 0 aromatic heterocycles. The number of aryl methyl sites for hydroxylation is 1. The van der Waals surface area contributed by atoms with Gasteiger partial charge < -0.3 is 14.9 Å². The zero-order valence-electron chi connectivity index (χ0n) is 17.9. The maximum Gasteiger partial charge on any atom is 0.251 e. The monoisotopic (exact) mass is 460 g/mol. The van der Waals surface area contributed by atoms with Crippen LogP contribution in [0.5, 0.6) is 0 Å². The fourth-order valence-corrected chi connectivity index (χ4v) is 5.39. The van der Waals surface area contributed by atoms with Crippen LogP contribution in [0, 0.1) is 12.8 Å². The van der Waals surface area contributed by atoms with Gasteiger partial charge in [-0.3, -0.25) is 4.79 Å². The van der Waals surface area contributed by atoms with Crippen molar-refractivity contribution >= 4 is 34.8 Å². The van der Waals surface area contributed by atoms with Gasteiger partial charge in [-0.2, -0.15) is 0 Å². The zero-order chi connectivity index (χ0) is 22.0. The Morgan fingerprint density at radius 2 is 1.74 bits per heavy atom. The van der Waals surface area contributed by atoms with E-state index in [2.05, 4.69) is 17.0 Å². The summed E-state index contributed by atoms with van der Waals surface area (Å²) in [4.78, 5) is 17.3. The van der Waals surface area contributed by atoms with Crippen molar-refractivity contribution in [2.45, 2.75) is 51.2 Å². The lowest BCUT2D eigenvalue weighted by molar-refractivity contribution is -0.144. The first-order valence-corrected chi connectivity index (χ1v) is 11.9. The summed E-state index contributed by atoms with van der Waals surface area (Å²) >= 11 is 12.7. The van der Waals surface area contributed by atoms with Gasteiger partial charge in [0.1, 0.15) is 6.10 Å². The number of carbonyl (C=O) groups excluding carboxylic acids is 1. The molecule has 0 radical (unpaired) electrons. The molecule has 1 aliphatic carbocycles. The lowest BCUT2D eigenvalue weighted by Gasteiger charge is -2.44. The molecule has 4 rings (SSSR count). The molecule has 4 nitrogen and oxygen atoms in total. The Morgan fingerprint density at radius 3 is 2.42 bits per heavy atom. The van der Waals surface area contributed by atoms with Gasteiger partial charge in [-0.05, 0) is 61.1 Å². The van der Waals surface area contributed by atoms with Gasteiger partial charge in [0.15, 0.2) is 0 Å². The fourth-order valence-electron chi connectivity index (χ4n) is 4.93. The van der Waals surface area contributed by atoms with Gasteiger partial charge in [0.25, 0.3) is 5.91 Å². The Morgan fingerprint density at radius 1 is 1.03 bits per heavy atom. The van der Waals surface area contributed by atoms with Gasteiger partial charge in [-0.1, -0.05) is 60.7 Å². The van der Waals surface area contributed by atoms with Gasteiger partial charge in [0.05, 0.1) is 16.8 Å². The molecule has 0 spiro atoms. The van der Waals surface area contributed by atoms with E-state index in [1.54, 1.807) is 0 Å². The predicted octanol–water partition coefficient (Wildman–Crippen LogP) is 5.63. The molecule has 2 fully saturated rings. The van der Waals surface area contributed by atoms with Gasteiger partial charge in [-0.25, -0.2) is 0 Å². The molecule has 1 saturated heterocycles. The second-order valence-corrected chi connectivity index (χ2v) is 9.69. The molecule has 31 heavy (non-hydrogen) atoms. The lowest BCUT2D eigenvalue weighted by Crippen LogP contribution is -2.54. The summed E-state index contributed by atoms with van der Waals surface area (Å²) in [6.07, 6.45) is 4.37. The number of hydrogen-bond donors (Lipinski definition) is 1. The summed E-state index contributed by atoms with van der Waals surface area (Å²) in [5, 5.41) is 12.2. The third kappa shape index (κ3) is 5.02. The van der Waals surface area contributed by atoms with E-state index in [-0.39, 0.29) is 17.9 Å². The van der Waals surface area contributed by atoms with Crippen LogP contribution in [0.2, 0.25) is 10.0 Å². The first-order chi connectivity index (χ1) is 14.9. The Bertz CT molecular complexity index is 912. The average Bonchev–Trinajstić information content (AvgIpc) is 2.79. The molecular formula is C25H30Cl2N2O2. The number of rotatable bonds is 4. The minimum atomic E-state index is -0.902. The second kappa shape index (κ2) is 9.81. The van der Waals surface area contributed by atoms with E-state index in [0.717, 1.165) is 42.5 Å². The van der Waals surface area contributed by atoms with Crippen LogP contribution >= 0.6 is 23.2 Å². The van der Waals surface area contributed by atoms with Crippen molar-refractivity contribution in [3.8, 4) is 0 Å². The molecule has 1 aliphatic heterocycles. The number of aliphatic hydroxyl groups is 1. The van der Waals surface area contributed by atoms with Crippen molar-refractivity contribution in [3.05, 3.63) is 63.6 Å². The molecule has 1 saturated carbocycles. The van der Waals surface area contributed by atoms with Gasteiger partial charge in [0, 0.05) is 24.7 Å².